The van der Waals surface area contributed by atoms with Crippen molar-refractivity contribution in [2.24, 2.45) is 0 Å². The van der Waals surface area contributed by atoms with Crippen molar-refractivity contribution in [3.8, 4) is 11.8 Å². The lowest BCUT2D eigenvalue weighted by Crippen LogP contribution is -2.34. The summed E-state index contributed by atoms with van der Waals surface area (Å²) in [5.41, 5.74) is 5.57. The van der Waals surface area contributed by atoms with E-state index < -0.39 is 0 Å². The van der Waals surface area contributed by atoms with Crippen LogP contribution in [0, 0.1) is 11.8 Å². The Morgan fingerprint density at radius 3 is 2.60 bits per heavy atom. The molecule has 2 aromatic carbocycles. The van der Waals surface area contributed by atoms with Gasteiger partial charge in [-0.15, -0.1) is 0 Å². The molecule has 0 spiro atoms. The first kappa shape index (κ1) is 16.2. The summed E-state index contributed by atoms with van der Waals surface area (Å²) in [5, 5.41) is 0. The van der Waals surface area contributed by atoms with Gasteiger partial charge >= 0.3 is 0 Å². The van der Waals surface area contributed by atoms with Crippen molar-refractivity contribution in [2.45, 2.75) is 44.7 Å². The third kappa shape index (κ3) is 3.86. The first-order chi connectivity index (χ1) is 12.4. The Hall–Kier alpha value is -2.30. The second kappa shape index (κ2) is 7.72. The molecule has 0 radical (unpaired) electrons. The molecule has 1 unspecified atom stereocenters. The van der Waals surface area contributed by atoms with Gasteiger partial charge in [-0.3, -0.25) is 4.90 Å². The van der Waals surface area contributed by atoms with E-state index in [4.69, 9.17) is 0 Å². The molecule has 126 valence electrons. The van der Waals surface area contributed by atoms with E-state index in [9.17, 15) is 0 Å². The lowest BCUT2D eigenvalue weighted by Gasteiger charge is -2.34. The number of nitrogens with zero attached hydrogens (tertiary/aromatic N) is 1. The molecule has 0 N–H and O–H groups in total. The second-order valence-electron chi connectivity index (χ2n) is 7.05. The highest BCUT2D eigenvalue weighted by atomic mass is 15.2. The van der Waals surface area contributed by atoms with E-state index in [2.05, 4.69) is 77.4 Å². The molecule has 2 aromatic rings. The Labute approximate surface area is 151 Å². The minimum atomic E-state index is 0.202. The lowest BCUT2D eigenvalue weighted by atomic mass is 9.91. The molecule has 1 atom stereocenters. The van der Waals surface area contributed by atoms with Gasteiger partial charge in [0.15, 0.2) is 0 Å². The van der Waals surface area contributed by atoms with E-state index in [1.807, 2.05) is 0 Å². The average Bonchev–Trinajstić information content (AvgIpc) is 2.68. The van der Waals surface area contributed by atoms with Crippen LogP contribution in [-0.2, 0) is 13.0 Å². The maximum absolute atomic E-state index is 3.63. The van der Waals surface area contributed by atoms with Crippen LogP contribution < -0.4 is 0 Å². The van der Waals surface area contributed by atoms with Gasteiger partial charge in [-0.25, -0.2) is 0 Å². The fourth-order valence-electron chi connectivity index (χ4n) is 3.89. The Morgan fingerprint density at radius 1 is 0.920 bits per heavy atom. The van der Waals surface area contributed by atoms with Crippen molar-refractivity contribution in [2.75, 3.05) is 6.54 Å². The molecule has 0 bridgehead atoms. The largest absolute Gasteiger partial charge is 0.281 e. The fourth-order valence-corrected chi connectivity index (χ4v) is 3.89. The van der Waals surface area contributed by atoms with Crippen molar-refractivity contribution in [1.82, 2.24) is 4.90 Å². The molecular formula is C24H25N. The Morgan fingerprint density at radius 2 is 1.76 bits per heavy atom. The van der Waals surface area contributed by atoms with Crippen LogP contribution in [0.5, 0.6) is 0 Å². The van der Waals surface area contributed by atoms with Gasteiger partial charge in [-0.05, 0) is 54.4 Å². The monoisotopic (exact) mass is 327 g/mol. The molecule has 0 saturated heterocycles. The SMILES string of the molecule is C(#CC1c2ccccc2CCN1Cc1ccccc1)C1=CCCCC1. The minimum Gasteiger partial charge on any atom is -0.281 e. The molecule has 0 amide bonds. The van der Waals surface area contributed by atoms with Crippen LogP contribution in [0.2, 0.25) is 0 Å². The van der Waals surface area contributed by atoms with Gasteiger partial charge in [-0.1, -0.05) is 72.5 Å². The Bertz CT molecular complexity index is 807. The van der Waals surface area contributed by atoms with Gasteiger partial charge < -0.3 is 0 Å². The highest BCUT2D eigenvalue weighted by Crippen LogP contribution is 2.30. The molecule has 1 nitrogen and oxygen atoms in total. The molecule has 2 aliphatic rings. The average molecular weight is 327 g/mol. The van der Waals surface area contributed by atoms with E-state index in [1.54, 1.807) is 0 Å². The van der Waals surface area contributed by atoms with Crippen molar-refractivity contribution in [3.63, 3.8) is 0 Å². The maximum atomic E-state index is 3.63. The summed E-state index contributed by atoms with van der Waals surface area (Å²) in [6, 6.07) is 19.8. The smallest absolute Gasteiger partial charge is 0.0980 e. The van der Waals surface area contributed by atoms with Gasteiger partial charge in [0.1, 0.15) is 0 Å². The number of rotatable bonds is 2. The summed E-state index contributed by atoms with van der Waals surface area (Å²) in [6.07, 6.45) is 8.41. The summed E-state index contributed by atoms with van der Waals surface area (Å²) in [6.45, 7) is 2.04. The van der Waals surface area contributed by atoms with Crippen molar-refractivity contribution in [3.05, 3.63) is 82.9 Å². The van der Waals surface area contributed by atoms with Crippen molar-refractivity contribution in [1.29, 1.82) is 0 Å². The van der Waals surface area contributed by atoms with Crippen LogP contribution in [0.25, 0.3) is 0 Å². The van der Waals surface area contributed by atoms with Crippen LogP contribution in [-0.4, -0.2) is 11.4 Å². The molecular weight excluding hydrogens is 302 g/mol. The molecule has 1 heteroatoms. The molecule has 1 heterocycles. The molecule has 1 aliphatic heterocycles. The quantitative estimate of drug-likeness (QED) is 0.677. The van der Waals surface area contributed by atoms with E-state index in [0.717, 1.165) is 25.9 Å². The number of allylic oxidation sites excluding steroid dienone is 2. The Kier molecular flexibility index (Phi) is 5.00. The zero-order valence-corrected chi connectivity index (χ0v) is 14.7. The molecule has 0 saturated carbocycles. The van der Waals surface area contributed by atoms with Crippen molar-refractivity contribution < 1.29 is 0 Å². The van der Waals surface area contributed by atoms with Gasteiger partial charge in [0, 0.05) is 13.1 Å². The van der Waals surface area contributed by atoms with Gasteiger partial charge in [0.2, 0.25) is 0 Å². The summed E-state index contributed by atoms with van der Waals surface area (Å²) < 4.78 is 0. The van der Waals surface area contributed by atoms with E-state index in [0.29, 0.717) is 0 Å². The molecule has 25 heavy (non-hydrogen) atoms. The third-order valence-corrected chi connectivity index (χ3v) is 5.27. The number of hydrogen-bond acceptors (Lipinski definition) is 1. The summed E-state index contributed by atoms with van der Waals surface area (Å²) in [7, 11) is 0. The van der Waals surface area contributed by atoms with Gasteiger partial charge in [-0.2, -0.15) is 0 Å². The summed E-state index contributed by atoms with van der Waals surface area (Å²) in [4.78, 5) is 2.54. The predicted octanol–water partition coefficient (Wildman–Crippen LogP) is 5.29. The van der Waals surface area contributed by atoms with Crippen LogP contribution in [0.4, 0.5) is 0 Å². The number of hydrogen-bond donors (Lipinski definition) is 0. The highest BCUT2D eigenvalue weighted by Gasteiger charge is 2.25. The highest BCUT2D eigenvalue weighted by molar-refractivity contribution is 5.40. The van der Waals surface area contributed by atoms with Crippen LogP contribution >= 0.6 is 0 Å². The number of benzene rings is 2. The molecule has 4 rings (SSSR count). The van der Waals surface area contributed by atoms with Crippen LogP contribution in [0.3, 0.4) is 0 Å². The van der Waals surface area contributed by atoms with Crippen molar-refractivity contribution >= 4 is 0 Å². The summed E-state index contributed by atoms with van der Waals surface area (Å²) in [5.74, 6) is 7.14. The second-order valence-corrected chi connectivity index (χ2v) is 7.05. The van der Waals surface area contributed by atoms with Gasteiger partial charge in [0.25, 0.3) is 0 Å². The lowest BCUT2D eigenvalue weighted by molar-refractivity contribution is 0.217. The standard InChI is InChI=1S/C24H25N/c1-3-9-20(10-4-1)15-16-24-23-14-8-7-13-22(23)17-18-25(24)19-21-11-5-2-6-12-21/h2,5-9,11-14,24H,1,3-4,10,17-19H2. The molecule has 0 fully saturated rings. The molecule has 0 aromatic heterocycles. The minimum absolute atomic E-state index is 0.202. The van der Waals surface area contributed by atoms with Crippen LogP contribution in [0.15, 0.2) is 66.2 Å². The summed E-state index contributed by atoms with van der Waals surface area (Å²) >= 11 is 0. The maximum Gasteiger partial charge on any atom is 0.0980 e. The fraction of sp³-hybridized carbons (Fsp3) is 0.333. The van der Waals surface area contributed by atoms with E-state index in [1.165, 1.54) is 41.5 Å². The number of fused-ring (bicyclic) bond motifs is 1. The first-order valence-electron chi connectivity index (χ1n) is 9.46. The van der Waals surface area contributed by atoms with E-state index in [-0.39, 0.29) is 6.04 Å². The van der Waals surface area contributed by atoms with Crippen LogP contribution in [0.1, 0.15) is 48.4 Å². The zero-order chi connectivity index (χ0) is 16.9. The zero-order valence-electron chi connectivity index (χ0n) is 14.7. The van der Waals surface area contributed by atoms with Gasteiger partial charge in [0.05, 0.1) is 6.04 Å². The third-order valence-electron chi connectivity index (χ3n) is 5.27. The normalized spacial score (nSPS) is 20.2. The first-order valence-corrected chi connectivity index (χ1v) is 9.46. The Balaban J connectivity index is 1.64. The topological polar surface area (TPSA) is 3.24 Å². The molecule has 1 aliphatic carbocycles. The predicted molar refractivity (Wildman–Crippen MR) is 104 cm³/mol. The van der Waals surface area contributed by atoms with E-state index >= 15 is 0 Å².